The SMILES string of the molecule is CCNC(Cc1cn(C)nn1)C1Cc2ccccc2S1. The van der Waals surface area contributed by atoms with E-state index in [0.717, 1.165) is 25.1 Å². The van der Waals surface area contributed by atoms with Crippen molar-refractivity contribution in [2.45, 2.75) is 36.0 Å². The molecular formula is C15H20N4S. The molecule has 2 heterocycles. The molecule has 1 aromatic carbocycles. The number of hydrogen-bond donors (Lipinski definition) is 1. The minimum absolute atomic E-state index is 0.439. The summed E-state index contributed by atoms with van der Waals surface area (Å²) in [6.07, 6.45) is 4.09. The molecule has 0 saturated heterocycles. The highest BCUT2D eigenvalue weighted by Gasteiger charge is 2.29. The molecule has 3 rings (SSSR count). The summed E-state index contributed by atoms with van der Waals surface area (Å²) in [4.78, 5) is 1.43. The van der Waals surface area contributed by atoms with Crippen LogP contribution in [0, 0.1) is 0 Å². The van der Waals surface area contributed by atoms with E-state index < -0.39 is 0 Å². The normalized spacial score (nSPS) is 19.0. The van der Waals surface area contributed by atoms with Gasteiger partial charge in [0.2, 0.25) is 0 Å². The van der Waals surface area contributed by atoms with Crippen molar-refractivity contribution < 1.29 is 0 Å². The van der Waals surface area contributed by atoms with E-state index in [1.165, 1.54) is 10.5 Å². The largest absolute Gasteiger partial charge is 0.313 e. The second kappa shape index (κ2) is 5.97. The standard InChI is InChI=1S/C15H20N4S/c1-3-16-13(9-12-10-19(2)18-17-12)15-8-11-6-4-5-7-14(11)20-15/h4-7,10,13,15-16H,3,8-9H2,1-2H3. The molecule has 2 aromatic rings. The molecule has 1 N–H and O–H groups in total. The van der Waals surface area contributed by atoms with Crippen molar-refractivity contribution >= 4 is 11.8 Å². The van der Waals surface area contributed by atoms with Gasteiger partial charge in [0.15, 0.2) is 0 Å². The molecule has 0 radical (unpaired) electrons. The second-order valence-electron chi connectivity index (χ2n) is 5.22. The number of aromatic nitrogens is 3. The number of thioether (sulfide) groups is 1. The van der Waals surface area contributed by atoms with E-state index in [1.807, 2.05) is 25.0 Å². The number of aryl methyl sites for hydroxylation is 1. The molecule has 0 fully saturated rings. The Bertz CT molecular complexity index is 556. The van der Waals surface area contributed by atoms with Crippen LogP contribution < -0.4 is 5.32 Å². The zero-order valence-electron chi connectivity index (χ0n) is 11.9. The summed E-state index contributed by atoms with van der Waals surface area (Å²) in [6.45, 7) is 3.15. The van der Waals surface area contributed by atoms with Gasteiger partial charge in [0.25, 0.3) is 0 Å². The van der Waals surface area contributed by atoms with E-state index in [0.29, 0.717) is 11.3 Å². The zero-order chi connectivity index (χ0) is 13.9. The van der Waals surface area contributed by atoms with Gasteiger partial charge >= 0.3 is 0 Å². The summed E-state index contributed by atoms with van der Waals surface area (Å²) >= 11 is 1.99. The molecule has 20 heavy (non-hydrogen) atoms. The van der Waals surface area contributed by atoms with Crippen LogP contribution in [0.15, 0.2) is 35.4 Å². The number of fused-ring (bicyclic) bond motifs is 1. The van der Waals surface area contributed by atoms with Crippen molar-refractivity contribution in [1.82, 2.24) is 20.3 Å². The molecule has 0 saturated carbocycles. The Morgan fingerprint density at radius 2 is 2.30 bits per heavy atom. The Morgan fingerprint density at radius 3 is 3.00 bits per heavy atom. The lowest BCUT2D eigenvalue weighted by molar-refractivity contribution is 0.501. The Hall–Kier alpha value is -1.33. The number of hydrogen-bond acceptors (Lipinski definition) is 4. The molecule has 1 aliphatic rings. The molecule has 0 aliphatic carbocycles. The molecule has 0 amide bonds. The van der Waals surface area contributed by atoms with Gasteiger partial charge in [-0.1, -0.05) is 30.3 Å². The summed E-state index contributed by atoms with van der Waals surface area (Å²) in [5.74, 6) is 0. The zero-order valence-corrected chi connectivity index (χ0v) is 12.7. The van der Waals surface area contributed by atoms with E-state index in [1.54, 1.807) is 4.68 Å². The third kappa shape index (κ3) is 2.88. The average Bonchev–Trinajstić information content (AvgIpc) is 3.04. The van der Waals surface area contributed by atoms with Crippen molar-refractivity contribution in [2.75, 3.05) is 6.54 Å². The van der Waals surface area contributed by atoms with E-state index in [2.05, 4.69) is 46.8 Å². The lowest BCUT2D eigenvalue weighted by Crippen LogP contribution is -2.40. The molecule has 2 atom stereocenters. The summed E-state index contributed by atoms with van der Waals surface area (Å²) in [5, 5.41) is 12.4. The number of nitrogens with one attached hydrogen (secondary N) is 1. The maximum Gasteiger partial charge on any atom is 0.0842 e. The number of likely N-dealkylation sites (N-methyl/N-ethyl adjacent to an activating group) is 1. The minimum Gasteiger partial charge on any atom is -0.313 e. The van der Waals surface area contributed by atoms with Crippen LogP contribution in [-0.4, -0.2) is 32.8 Å². The molecule has 4 nitrogen and oxygen atoms in total. The van der Waals surface area contributed by atoms with E-state index >= 15 is 0 Å². The van der Waals surface area contributed by atoms with E-state index in [-0.39, 0.29) is 0 Å². The smallest absolute Gasteiger partial charge is 0.0842 e. The van der Waals surface area contributed by atoms with Gasteiger partial charge in [-0.2, -0.15) is 0 Å². The van der Waals surface area contributed by atoms with Crippen LogP contribution in [0.1, 0.15) is 18.2 Å². The van der Waals surface area contributed by atoms with Crippen molar-refractivity contribution in [1.29, 1.82) is 0 Å². The van der Waals surface area contributed by atoms with Crippen molar-refractivity contribution in [3.8, 4) is 0 Å². The molecule has 2 unspecified atom stereocenters. The average molecular weight is 288 g/mol. The van der Waals surface area contributed by atoms with Gasteiger partial charge in [0, 0.05) is 35.9 Å². The lowest BCUT2D eigenvalue weighted by Gasteiger charge is -2.22. The fourth-order valence-electron chi connectivity index (χ4n) is 2.74. The first kappa shape index (κ1) is 13.6. The number of nitrogens with zero attached hydrogens (tertiary/aromatic N) is 3. The molecule has 106 valence electrons. The monoisotopic (exact) mass is 288 g/mol. The highest BCUT2D eigenvalue weighted by atomic mass is 32.2. The predicted octanol–water partition coefficient (Wildman–Crippen LogP) is 2.05. The van der Waals surface area contributed by atoms with Gasteiger partial charge in [0.1, 0.15) is 0 Å². The summed E-state index contributed by atoms with van der Waals surface area (Å²) in [6, 6.07) is 9.17. The quantitative estimate of drug-likeness (QED) is 0.914. The molecule has 0 spiro atoms. The third-order valence-corrected chi connectivity index (χ3v) is 5.12. The minimum atomic E-state index is 0.439. The van der Waals surface area contributed by atoms with Gasteiger partial charge in [-0.15, -0.1) is 16.9 Å². The van der Waals surface area contributed by atoms with Crippen LogP contribution in [0.4, 0.5) is 0 Å². The Morgan fingerprint density at radius 1 is 1.45 bits per heavy atom. The van der Waals surface area contributed by atoms with Gasteiger partial charge in [-0.3, -0.25) is 4.68 Å². The van der Waals surface area contributed by atoms with Crippen LogP contribution in [0.5, 0.6) is 0 Å². The van der Waals surface area contributed by atoms with Crippen molar-refractivity contribution in [3.63, 3.8) is 0 Å². The second-order valence-corrected chi connectivity index (χ2v) is 6.50. The fraction of sp³-hybridized carbons (Fsp3) is 0.467. The van der Waals surface area contributed by atoms with Crippen LogP contribution in [-0.2, 0) is 19.9 Å². The van der Waals surface area contributed by atoms with Crippen LogP contribution in [0.25, 0.3) is 0 Å². The maximum absolute atomic E-state index is 4.22. The first-order valence-electron chi connectivity index (χ1n) is 7.09. The first-order valence-corrected chi connectivity index (χ1v) is 7.97. The van der Waals surface area contributed by atoms with Gasteiger partial charge in [-0.05, 0) is 24.6 Å². The van der Waals surface area contributed by atoms with Gasteiger partial charge in [0.05, 0.1) is 5.69 Å². The molecule has 1 aliphatic heterocycles. The molecule has 0 bridgehead atoms. The Kier molecular flexibility index (Phi) is 4.08. The summed E-state index contributed by atoms with van der Waals surface area (Å²) < 4.78 is 1.77. The topological polar surface area (TPSA) is 42.7 Å². The van der Waals surface area contributed by atoms with E-state index in [9.17, 15) is 0 Å². The maximum atomic E-state index is 4.22. The Balaban J connectivity index is 1.72. The fourth-order valence-corrected chi connectivity index (χ4v) is 4.15. The summed E-state index contributed by atoms with van der Waals surface area (Å²) in [7, 11) is 1.92. The lowest BCUT2D eigenvalue weighted by atomic mass is 10.0. The van der Waals surface area contributed by atoms with E-state index in [4.69, 9.17) is 0 Å². The Labute approximate surface area is 124 Å². The van der Waals surface area contributed by atoms with Crippen molar-refractivity contribution in [2.24, 2.45) is 7.05 Å². The van der Waals surface area contributed by atoms with Crippen LogP contribution in [0.3, 0.4) is 0 Å². The highest BCUT2D eigenvalue weighted by Crippen LogP contribution is 2.38. The third-order valence-electron chi connectivity index (χ3n) is 3.67. The number of benzene rings is 1. The molecular weight excluding hydrogens is 268 g/mol. The van der Waals surface area contributed by atoms with Crippen LogP contribution in [0.2, 0.25) is 0 Å². The molecule has 5 heteroatoms. The van der Waals surface area contributed by atoms with Crippen molar-refractivity contribution in [3.05, 3.63) is 41.7 Å². The summed E-state index contributed by atoms with van der Waals surface area (Å²) in [5.41, 5.74) is 2.54. The van der Waals surface area contributed by atoms with Crippen LogP contribution >= 0.6 is 11.8 Å². The van der Waals surface area contributed by atoms with Gasteiger partial charge < -0.3 is 5.32 Å². The highest BCUT2D eigenvalue weighted by molar-refractivity contribution is 8.00. The molecule has 1 aromatic heterocycles. The van der Waals surface area contributed by atoms with Gasteiger partial charge in [-0.25, -0.2) is 0 Å². The predicted molar refractivity (Wildman–Crippen MR) is 82.0 cm³/mol. The number of rotatable bonds is 5. The first-order chi connectivity index (χ1) is 9.76.